The fourth-order valence-electron chi connectivity index (χ4n) is 2.06. The second-order valence-corrected chi connectivity index (χ2v) is 4.94. The molecule has 0 atom stereocenters. The van der Waals surface area contributed by atoms with E-state index in [1.807, 2.05) is 6.07 Å². The summed E-state index contributed by atoms with van der Waals surface area (Å²) in [6.45, 7) is 4.74. The van der Waals surface area contributed by atoms with Crippen LogP contribution in [-0.2, 0) is 0 Å². The quantitative estimate of drug-likeness (QED) is 0.771. The Hall–Kier alpha value is -1.03. The van der Waals surface area contributed by atoms with Gasteiger partial charge in [-0.25, -0.2) is 4.98 Å². The molecule has 1 saturated heterocycles. The van der Waals surface area contributed by atoms with E-state index < -0.39 is 0 Å². The molecule has 0 amide bonds. The van der Waals surface area contributed by atoms with Gasteiger partial charge >= 0.3 is 0 Å². The third-order valence-corrected chi connectivity index (χ3v) is 3.62. The molecule has 1 aliphatic heterocycles. The lowest BCUT2D eigenvalue weighted by atomic mass is 9.99. The minimum Gasteiger partial charge on any atom is -0.478 e. The minimum atomic E-state index is 0.641. The molecule has 1 fully saturated rings. The molecule has 0 N–H and O–H groups in total. The highest BCUT2D eigenvalue weighted by Crippen LogP contribution is 2.22. The van der Waals surface area contributed by atoms with E-state index in [4.69, 9.17) is 16.3 Å². The molecule has 0 radical (unpaired) electrons. The molecule has 0 unspecified atom stereocenters. The van der Waals surface area contributed by atoms with Crippen LogP contribution < -0.4 is 9.64 Å². The van der Waals surface area contributed by atoms with Gasteiger partial charge in [0.1, 0.15) is 0 Å². The second kappa shape index (κ2) is 6.78. The fourth-order valence-corrected chi connectivity index (χ4v) is 2.37. The molecular weight excluding hydrogens is 250 g/mol. The number of halogens is 1. The first kappa shape index (κ1) is 13.4. The first-order valence-corrected chi connectivity index (χ1v) is 7.13. The summed E-state index contributed by atoms with van der Waals surface area (Å²) in [7, 11) is 0. The molecule has 5 heteroatoms. The molecule has 1 aromatic rings. The molecule has 0 bridgehead atoms. The van der Waals surface area contributed by atoms with Crippen LogP contribution in [0.1, 0.15) is 26.2 Å². The van der Waals surface area contributed by atoms with E-state index in [0.717, 1.165) is 44.2 Å². The molecule has 1 aliphatic rings. The third kappa shape index (κ3) is 3.48. The lowest BCUT2D eigenvalue weighted by molar-refractivity contribution is 0.304. The summed E-state index contributed by atoms with van der Waals surface area (Å²) in [5.41, 5.74) is 0. The third-order valence-electron chi connectivity index (χ3n) is 3.19. The van der Waals surface area contributed by atoms with E-state index in [1.54, 1.807) is 6.20 Å². The number of hydrogen-bond acceptors (Lipinski definition) is 4. The molecule has 4 nitrogen and oxygen atoms in total. The van der Waals surface area contributed by atoms with Crippen molar-refractivity contribution in [1.29, 1.82) is 0 Å². The summed E-state index contributed by atoms with van der Waals surface area (Å²) < 4.78 is 5.53. The first-order chi connectivity index (χ1) is 8.83. The normalized spacial score (nSPS) is 16.9. The second-order valence-electron chi connectivity index (χ2n) is 4.63. The van der Waals surface area contributed by atoms with Gasteiger partial charge in [0.2, 0.25) is 11.8 Å². The van der Waals surface area contributed by atoms with Crippen LogP contribution in [0.5, 0.6) is 5.88 Å². The standard InChI is InChI=1S/C13H20ClN3O/c1-2-9-18-12-3-6-15-13(16-12)17-7-4-11(10-14)5-8-17/h3,6,11H,2,4-5,7-10H2,1H3. The van der Waals surface area contributed by atoms with Crippen LogP contribution in [0.25, 0.3) is 0 Å². The largest absolute Gasteiger partial charge is 0.478 e. The molecule has 2 rings (SSSR count). The molecule has 0 aliphatic carbocycles. The van der Waals surface area contributed by atoms with E-state index in [0.29, 0.717) is 18.4 Å². The number of anilines is 1. The highest BCUT2D eigenvalue weighted by Gasteiger charge is 2.20. The topological polar surface area (TPSA) is 38.2 Å². The highest BCUT2D eigenvalue weighted by atomic mass is 35.5. The molecule has 0 saturated carbocycles. The van der Waals surface area contributed by atoms with Crippen molar-refractivity contribution in [2.24, 2.45) is 5.92 Å². The Kier molecular flexibility index (Phi) is 5.05. The predicted octanol–water partition coefficient (Wildman–Crippen LogP) is 2.72. The zero-order valence-corrected chi connectivity index (χ0v) is 11.6. The van der Waals surface area contributed by atoms with Gasteiger partial charge in [-0.05, 0) is 25.2 Å². The summed E-state index contributed by atoms with van der Waals surface area (Å²) in [5.74, 6) is 2.84. The van der Waals surface area contributed by atoms with E-state index >= 15 is 0 Å². The van der Waals surface area contributed by atoms with Crippen LogP contribution in [0.4, 0.5) is 5.95 Å². The number of rotatable bonds is 5. The highest BCUT2D eigenvalue weighted by molar-refractivity contribution is 6.18. The maximum absolute atomic E-state index is 5.89. The van der Waals surface area contributed by atoms with Crippen molar-refractivity contribution in [1.82, 2.24) is 9.97 Å². The predicted molar refractivity (Wildman–Crippen MR) is 73.5 cm³/mol. The Labute approximate surface area is 113 Å². The van der Waals surface area contributed by atoms with Crippen LogP contribution in [0.2, 0.25) is 0 Å². The summed E-state index contributed by atoms with van der Waals surface area (Å²) in [5, 5.41) is 0. The van der Waals surface area contributed by atoms with Crippen molar-refractivity contribution >= 4 is 17.5 Å². The zero-order chi connectivity index (χ0) is 12.8. The first-order valence-electron chi connectivity index (χ1n) is 6.60. The average Bonchev–Trinajstić information content (AvgIpc) is 2.45. The fraction of sp³-hybridized carbons (Fsp3) is 0.692. The lowest BCUT2D eigenvalue weighted by Gasteiger charge is -2.31. The van der Waals surface area contributed by atoms with Gasteiger partial charge in [0.15, 0.2) is 0 Å². The van der Waals surface area contributed by atoms with Crippen molar-refractivity contribution in [3.05, 3.63) is 12.3 Å². The van der Waals surface area contributed by atoms with Gasteiger partial charge in [0, 0.05) is 31.2 Å². The van der Waals surface area contributed by atoms with Crippen LogP contribution in [0.15, 0.2) is 12.3 Å². The summed E-state index contributed by atoms with van der Waals surface area (Å²) in [4.78, 5) is 11.0. The zero-order valence-electron chi connectivity index (χ0n) is 10.8. The summed E-state index contributed by atoms with van der Waals surface area (Å²) >= 11 is 5.89. The van der Waals surface area contributed by atoms with Gasteiger partial charge in [-0.2, -0.15) is 4.98 Å². The molecule has 0 spiro atoms. The van der Waals surface area contributed by atoms with Crippen LogP contribution in [0, 0.1) is 5.92 Å². The maximum Gasteiger partial charge on any atom is 0.228 e. The van der Waals surface area contributed by atoms with Gasteiger partial charge < -0.3 is 9.64 Å². The molecular formula is C13H20ClN3O. The molecule has 1 aromatic heterocycles. The van der Waals surface area contributed by atoms with Gasteiger partial charge in [0.25, 0.3) is 0 Å². The van der Waals surface area contributed by atoms with Gasteiger partial charge in [0.05, 0.1) is 6.61 Å². The SMILES string of the molecule is CCCOc1ccnc(N2CCC(CCl)CC2)n1. The van der Waals surface area contributed by atoms with E-state index in [-0.39, 0.29) is 0 Å². The minimum absolute atomic E-state index is 0.641. The Bertz CT molecular complexity index is 367. The van der Waals surface area contributed by atoms with Crippen molar-refractivity contribution in [3.8, 4) is 5.88 Å². The van der Waals surface area contributed by atoms with E-state index in [2.05, 4.69) is 21.8 Å². The Balaban J connectivity index is 1.96. The molecule has 18 heavy (non-hydrogen) atoms. The van der Waals surface area contributed by atoms with Gasteiger partial charge in [-0.15, -0.1) is 11.6 Å². The summed E-state index contributed by atoms with van der Waals surface area (Å²) in [6.07, 6.45) is 4.99. The lowest BCUT2D eigenvalue weighted by Crippen LogP contribution is -2.35. The number of nitrogens with zero attached hydrogens (tertiary/aromatic N) is 3. The Morgan fingerprint density at radius 1 is 1.44 bits per heavy atom. The van der Waals surface area contributed by atoms with Crippen LogP contribution in [0.3, 0.4) is 0 Å². The van der Waals surface area contributed by atoms with Crippen LogP contribution in [-0.4, -0.2) is 35.5 Å². The molecule has 100 valence electrons. The average molecular weight is 270 g/mol. The van der Waals surface area contributed by atoms with Crippen molar-refractivity contribution < 1.29 is 4.74 Å². The molecule has 0 aromatic carbocycles. The molecule has 2 heterocycles. The number of piperidine rings is 1. The number of aromatic nitrogens is 2. The number of hydrogen-bond donors (Lipinski definition) is 0. The Morgan fingerprint density at radius 2 is 2.22 bits per heavy atom. The van der Waals surface area contributed by atoms with Crippen molar-refractivity contribution in [3.63, 3.8) is 0 Å². The number of alkyl halides is 1. The smallest absolute Gasteiger partial charge is 0.228 e. The van der Waals surface area contributed by atoms with E-state index in [9.17, 15) is 0 Å². The monoisotopic (exact) mass is 269 g/mol. The van der Waals surface area contributed by atoms with Crippen LogP contribution >= 0.6 is 11.6 Å². The van der Waals surface area contributed by atoms with Gasteiger partial charge in [-0.3, -0.25) is 0 Å². The Morgan fingerprint density at radius 3 is 2.89 bits per heavy atom. The van der Waals surface area contributed by atoms with E-state index in [1.165, 1.54) is 0 Å². The van der Waals surface area contributed by atoms with Crippen molar-refractivity contribution in [2.45, 2.75) is 26.2 Å². The van der Waals surface area contributed by atoms with Crippen molar-refractivity contribution in [2.75, 3.05) is 30.5 Å². The number of ether oxygens (including phenoxy) is 1. The summed E-state index contributed by atoms with van der Waals surface area (Å²) in [6, 6.07) is 1.81. The maximum atomic E-state index is 5.89. The van der Waals surface area contributed by atoms with Gasteiger partial charge in [-0.1, -0.05) is 6.92 Å².